The quantitative estimate of drug-likeness (QED) is 0.663. The molecular weight excluding hydrogens is 354 g/mol. The molecule has 1 fully saturated rings. The minimum atomic E-state index is 0.279. The molecule has 0 aliphatic carbocycles. The average Bonchev–Trinajstić information content (AvgIpc) is 3.05. The standard InChI is InChI=1S/C26H39N3/c1-26(2,3)24-19-29(20-28(24)6)25(22-12-8-7-9-13-22)23-16-14-21(15-17-23)11-10-18-27(4)5/h7-9,12-17,24-25H,10-11,18-20H2,1-6H3. The summed E-state index contributed by atoms with van der Waals surface area (Å²) >= 11 is 0. The van der Waals surface area contributed by atoms with Crippen molar-refractivity contribution in [1.82, 2.24) is 14.7 Å². The number of hydrogen-bond acceptors (Lipinski definition) is 3. The molecule has 2 atom stereocenters. The molecule has 0 radical (unpaired) electrons. The van der Waals surface area contributed by atoms with E-state index in [1.165, 1.54) is 23.1 Å². The zero-order valence-electron chi connectivity index (χ0n) is 19.2. The highest BCUT2D eigenvalue weighted by molar-refractivity contribution is 5.34. The molecule has 0 bridgehead atoms. The largest absolute Gasteiger partial charge is 0.309 e. The Hall–Kier alpha value is -1.68. The highest BCUT2D eigenvalue weighted by Gasteiger charge is 2.39. The van der Waals surface area contributed by atoms with Gasteiger partial charge in [-0.2, -0.15) is 0 Å². The molecule has 3 nitrogen and oxygen atoms in total. The minimum absolute atomic E-state index is 0.279. The van der Waals surface area contributed by atoms with E-state index >= 15 is 0 Å². The fraction of sp³-hybridized carbons (Fsp3) is 0.538. The van der Waals surface area contributed by atoms with Crippen molar-refractivity contribution in [2.24, 2.45) is 5.41 Å². The predicted molar refractivity (Wildman–Crippen MR) is 124 cm³/mol. The number of rotatable bonds is 7. The minimum Gasteiger partial charge on any atom is -0.309 e. The van der Waals surface area contributed by atoms with E-state index in [-0.39, 0.29) is 5.41 Å². The molecule has 3 rings (SSSR count). The SMILES string of the molecule is CN(C)CCCc1ccc(C(c2ccccc2)N2CC(C(C)(C)C)N(C)C2)cc1. The maximum absolute atomic E-state index is 2.65. The third kappa shape index (κ3) is 5.69. The summed E-state index contributed by atoms with van der Waals surface area (Å²) in [4.78, 5) is 7.42. The van der Waals surface area contributed by atoms with Crippen LogP contribution in [0.1, 0.15) is 49.9 Å². The van der Waals surface area contributed by atoms with Gasteiger partial charge >= 0.3 is 0 Å². The highest BCUT2D eigenvalue weighted by Crippen LogP contribution is 2.36. The van der Waals surface area contributed by atoms with Crippen LogP contribution in [0.3, 0.4) is 0 Å². The molecule has 0 spiro atoms. The fourth-order valence-corrected chi connectivity index (χ4v) is 4.64. The summed E-state index contributed by atoms with van der Waals surface area (Å²) in [5, 5.41) is 0. The molecule has 1 heterocycles. The van der Waals surface area contributed by atoms with Gasteiger partial charge in [-0.1, -0.05) is 75.4 Å². The van der Waals surface area contributed by atoms with Crippen LogP contribution in [-0.2, 0) is 6.42 Å². The Labute approximate surface area is 178 Å². The van der Waals surface area contributed by atoms with Crippen LogP contribution in [0.4, 0.5) is 0 Å². The van der Waals surface area contributed by atoms with E-state index in [1.54, 1.807) is 0 Å². The average molecular weight is 394 g/mol. The summed E-state index contributed by atoms with van der Waals surface area (Å²) in [6, 6.07) is 21.3. The van der Waals surface area contributed by atoms with Crippen molar-refractivity contribution < 1.29 is 0 Å². The summed E-state index contributed by atoms with van der Waals surface area (Å²) in [7, 11) is 6.56. The monoisotopic (exact) mass is 393 g/mol. The lowest BCUT2D eigenvalue weighted by Gasteiger charge is -2.32. The molecule has 2 unspecified atom stereocenters. The molecule has 0 saturated carbocycles. The fourth-order valence-electron chi connectivity index (χ4n) is 4.64. The van der Waals surface area contributed by atoms with Crippen molar-refractivity contribution in [3.05, 3.63) is 71.3 Å². The molecule has 1 aliphatic heterocycles. The zero-order chi connectivity index (χ0) is 21.0. The lowest BCUT2D eigenvalue weighted by atomic mass is 9.86. The number of aryl methyl sites for hydroxylation is 1. The van der Waals surface area contributed by atoms with Gasteiger partial charge in [0.15, 0.2) is 0 Å². The van der Waals surface area contributed by atoms with Crippen LogP contribution in [-0.4, -0.2) is 61.6 Å². The first kappa shape index (κ1) is 22.0. The Morgan fingerprint density at radius 3 is 2.14 bits per heavy atom. The summed E-state index contributed by atoms with van der Waals surface area (Å²) in [6.07, 6.45) is 2.35. The van der Waals surface area contributed by atoms with Crippen LogP contribution in [0, 0.1) is 5.41 Å². The van der Waals surface area contributed by atoms with Crippen LogP contribution in [0.2, 0.25) is 0 Å². The van der Waals surface area contributed by atoms with Crippen LogP contribution < -0.4 is 0 Å². The molecule has 0 aromatic heterocycles. The Morgan fingerprint density at radius 1 is 0.966 bits per heavy atom. The Kier molecular flexibility index (Phi) is 7.15. The van der Waals surface area contributed by atoms with Crippen molar-refractivity contribution in [2.75, 3.05) is 40.9 Å². The second kappa shape index (κ2) is 9.42. The first-order chi connectivity index (χ1) is 13.8. The second-order valence-corrected chi connectivity index (χ2v) is 10.0. The summed E-state index contributed by atoms with van der Waals surface area (Å²) in [5.74, 6) is 0. The number of hydrogen-bond donors (Lipinski definition) is 0. The molecule has 2 aromatic carbocycles. The van der Waals surface area contributed by atoms with Gasteiger partial charge in [-0.05, 0) is 62.6 Å². The Morgan fingerprint density at radius 2 is 1.59 bits per heavy atom. The lowest BCUT2D eigenvalue weighted by molar-refractivity contribution is 0.175. The lowest BCUT2D eigenvalue weighted by Crippen LogP contribution is -2.38. The molecule has 1 aliphatic rings. The van der Waals surface area contributed by atoms with Gasteiger partial charge in [-0.15, -0.1) is 0 Å². The number of benzene rings is 2. The van der Waals surface area contributed by atoms with Gasteiger partial charge < -0.3 is 4.90 Å². The Bertz CT molecular complexity index is 746. The predicted octanol–water partition coefficient (Wildman–Crippen LogP) is 4.89. The molecule has 1 saturated heterocycles. The van der Waals surface area contributed by atoms with E-state index in [1.807, 2.05) is 0 Å². The number of nitrogens with zero attached hydrogens (tertiary/aromatic N) is 3. The van der Waals surface area contributed by atoms with Crippen LogP contribution in [0.15, 0.2) is 54.6 Å². The van der Waals surface area contributed by atoms with Crippen LogP contribution >= 0.6 is 0 Å². The third-order valence-electron chi connectivity index (χ3n) is 6.19. The van der Waals surface area contributed by atoms with E-state index in [9.17, 15) is 0 Å². The van der Waals surface area contributed by atoms with Gasteiger partial charge in [0.25, 0.3) is 0 Å². The van der Waals surface area contributed by atoms with Gasteiger partial charge in [0.1, 0.15) is 0 Å². The van der Waals surface area contributed by atoms with Crippen molar-refractivity contribution in [1.29, 1.82) is 0 Å². The van der Waals surface area contributed by atoms with Crippen molar-refractivity contribution >= 4 is 0 Å². The summed E-state index contributed by atoms with van der Waals surface area (Å²) < 4.78 is 0. The van der Waals surface area contributed by atoms with E-state index in [0.29, 0.717) is 12.1 Å². The maximum Gasteiger partial charge on any atom is 0.0613 e. The maximum atomic E-state index is 2.65. The Balaban J connectivity index is 1.82. The third-order valence-corrected chi connectivity index (χ3v) is 6.19. The molecule has 0 N–H and O–H groups in total. The smallest absolute Gasteiger partial charge is 0.0613 e. The van der Waals surface area contributed by atoms with Crippen molar-refractivity contribution in [3.8, 4) is 0 Å². The van der Waals surface area contributed by atoms with Gasteiger partial charge in [0.2, 0.25) is 0 Å². The summed E-state index contributed by atoms with van der Waals surface area (Å²) in [5.41, 5.74) is 4.50. The second-order valence-electron chi connectivity index (χ2n) is 10.0. The van der Waals surface area contributed by atoms with E-state index in [2.05, 4.69) is 111 Å². The van der Waals surface area contributed by atoms with Crippen molar-refractivity contribution in [2.45, 2.75) is 45.7 Å². The molecule has 3 heteroatoms. The van der Waals surface area contributed by atoms with Crippen LogP contribution in [0.25, 0.3) is 0 Å². The van der Waals surface area contributed by atoms with Gasteiger partial charge in [0.05, 0.1) is 12.7 Å². The molecule has 29 heavy (non-hydrogen) atoms. The zero-order valence-corrected chi connectivity index (χ0v) is 19.2. The first-order valence-electron chi connectivity index (χ1n) is 11.0. The van der Waals surface area contributed by atoms with E-state index < -0.39 is 0 Å². The molecule has 158 valence electrons. The topological polar surface area (TPSA) is 9.72 Å². The van der Waals surface area contributed by atoms with Gasteiger partial charge in [-0.25, -0.2) is 0 Å². The van der Waals surface area contributed by atoms with E-state index in [0.717, 1.165) is 26.2 Å². The van der Waals surface area contributed by atoms with Gasteiger partial charge in [-0.3, -0.25) is 9.80 Å². The molecule has 2 aromatic rings. The molecule has 0 amide bonds. The van der Waals surface area contributed by atoms with Crippen molar-refractivity contribution in [3.63, 3.8) is 0 Å². The number of likely N-dealkylation sites (N-methyl/N-ethyl adjacent to an activating group) is 1. The first-order valence-corrected chi connectivity index (χ1v) is 11.0. The molecular formula is C26H39N3. The normalized spacial score (nSPS) is 19.8. The van der Waals surface area contributed by atoms with Gasteiger partial charge in [0, 0.05) is 12.6 Å². The highest BCUT2D eigenvalue weighted by atomic mass is 15.4. The van der Waals surface area contributed by atoms with Crippen LogP contribution in [0.5, 0.6) is 0 Å². The van der Waals surface area contributed by atoms with E-state index in [4.69, 9.17) is 0 Å². The summed E-state index contributed by atoms with van der Waals surface area (Å²) in [6.45, 7) is 10.3.